The summed E-state index contributed by atoms with van der Waals surface area (Å²) in [4.78, 5) is 5.08. The predicted molar refractivity (Wildman–Crippen MR) is 62.4 cm³/mol. The summed E-state index contributed by atoms with van der Waals surface area (Å²) in [6.07, 6.45) is 2.38. The van der Waals surface area contributed by atoms with E-state index in [1.165, 1.54) is 15.6 Å². The second-order valence-corrected chi connectivity index (χ2v) is 6.93. The molecule has 1 rings (SSSR count). The molecular formula is C9H16N2O2S2. The van der Waals surface area contributed by atoms with Crippen molar-refractivity contribution in [2.24, 2.45) is 0 Å². The van der Waals surface area contributed by atoms with Crippen molar-refractivity contribution in [2.75, 3.05) is 12.8 Å². The van der Waals surface area contributed by atoms with Crippen molar-refractivity contribution < 1.29 is 8.42 Å². The van der Waals surface area contributed by atoms with E-state index in [0.29, 0.717) is 13.0 Å². The number of hydrogen-bond acceptors (Lipinski definition) is 4. The van der Waals surface area contributed by atoms with Crippen LogP contribution in [0, 0.1) is 6.92 Å². The lowest BCUT2D eigenvalue weighted by Crippen LogP contribution is -2.28. The van der Waals surface area contributed by atoms with E-state index < -0.39 is 10.0 Å². The van der Waals surface area contributed by atoms with Crippen LogP contribution in [0.3, 0.4) is 0 Å². The number of rotatable bonds is 5. The van der Waals surface area contributed by atoms with Crippen molar-refractivity contribution in [1.82, 2.24) is 9.29 Å². The number of aromatic nitrogens is 1. The quantitative estimate of drug-likeness (QED) is 0.795. The molecule has 0 unspecified atom stereocenters. The van der Waals surface area contributed by atoms with Gasteiger partial charge >= 0.3 is 0 Å². The van der Waals surface area contributed by atoms with Gasteiger partial charge in [-0.05, 0) is 13.3 Å². The van der Waals surface area contributed by atoms with E-state index in [0.717, 1.165) is 9.88 Å². The third-order valence-corrected chi connectivity index (χ3v) is 4.89. The molecule has 0 aliphatic heterocycles. The van der Waals surface area contributed by atoms with Crippen LogP contribution in [0.25, 0.3) is 0 Å². The summed E-state index contributed by atoms with van der Waals surface area (Å²) in [5.41, 5.74) is 0. The van der Waals surface area contributed by atoms with Crippen LogP contribution in [0.5, 0.6) is 0 Å². The van der Waals surface area contributed by atoms with Gasteiger partial charge in [-0.3, -0.25) is 0 Å². The van der Waals surface area contributed by atoms with E-state index in [1.807, 2.05) is 13.8 Å². The highest BCUT2D eigenvalue weighted by atomic mass is 32.2. The Morgan fingerprint density at radius 2 is 2.20 bits per heavy atom. The fourth-order valence-electron chi connectivity index (χ4n) is 1.21. The molecular weight excluding hydrogens is 232 g/mol. The molecule has 0 N–H and O–H groups in total. The summed E-state index contributed by atoms with van der Waals surface area (Å²) >= 11 is 1.53. The number of aryl methyl sites for hydroxylation is 1. The second kappa shape index (κ2) is 5.05. The van der Waals surface area contributed by atoms with Crippen molar-refractivity contribution in [3.63, 3.8) is 0 Å². The smallest absolute Gasteiger partial charge is 0.214 e. The van der Waals surface area contributed by atoms with Crippen LogP contribution in [0.1, 0.15) is 23.2 Å². The SMILES string of the molecule is CCCS(=O)(=O)N(C)Cc1cnc(C)s1. The van der Waals surface area contributed by atoms with Crippen LogP contribution in [-0.2, 0) is 16.6 Å². The molecule has 15 heavy (non-hydrogen) atoms. The number of hydrogen-bond donors (Lipinski definition) is 0. The third-order valence-electron chi connectivity index (χ3n) is 1.98. The Morgan fingerprint density at radius 1 is 1.53 bits per heavy atom. The molecule has 1 heterocycles. The fraction of sp³-hybridized carbons (Fsp3) is 0.667. The van der Waals surface area contributed by atoms with E-state index >= 15 is 0 Å². The lowest BCUT2D eigenvalue weighted by atomic mass is 10.5. The molecule has 0 radical (unpaired) electrons. The van der Waals surface area contributed by atoms with E-state index in [2.05, 4.69) is 4.98 Å². The predicted octanol–water partition coefficient (Wildman–Crippen LogP) is 1.62. The van der Waals surface area contributed by atoms with Crippen molar-refractivity contribution in [3.05, 3.63) is 16.1 Å². The van der Waals surface area contributed by atoms with Gasteiger partial charge in [0.05, 0.1) is 10.8 Å². The van der Waals surface area contributed by atoms with Gasteiger partial charge in [0.25, 0.3) is 0 Å². The molecule has 4 nitrogen and oxygen atoms in total. The van der Waals surface area contributed by atoms with Crippen LogP contribution in [0.4, 0.5) is 0 Å². The largest absolute Gasteiger partial charge is 0.250 e. The van der Waals surface area contributed by atoms with Gasteiger partial charge in [0.15, 0.2) is 0 Å². The first-order chi connectivity index (χ1) is 6.95. The Morgan fingerprint density at radius 3 is 2.67 bits per heavy atom. The van der Waals surface area contributed by atoms with Crippen molar-refractivity contribution >= 4 is 21.4 Å². The Hall–Kier alpha value is -0.460. The Bertz CT molecular complexity index is 412. The topological polar surface area (TPSA) is 50.3 Å². The monoisotopic (exact) mass is 248 g/mol. The zero-order valence-corrected chi connectivity index (χ0v) is 10.9. The van der Waals surface area contributed by atoms with Crippen LogP contribution in [0.15, 0.2) is 6.20 Å². The van der Waals surface area contributed by atoms with Gasteiger partial charge in [-0.25, -0.2) is 13.4 Å². The maximum Gasteiger partial charge on any atom is 0.214 e. The zero-order valence-electron chi connectivity index (χ0n) is 9.23. The minimum atomic E-state index is -3.09. The van der Waals surface area contributed by atoms with Gasteiger partial charge in [0.2, 0.25) is 10.0 Å². The molecule has 0 spiro atoms. The fourth-order valence-corrected chi connectivity index (χ4v) is 3.30. The van der Waals surface area contributed by atoms with Gasteiger partial charge in [-0.2, -0.15) is 4.31 Å². The van der Waals surface area contributed by atoms with Crippen molar-refractivity contribution in [3.8, 4) is 0 Å². The van der Waals surface area contributed by atoms with Crippen LogP contribution in [-0.4, -0.2) is 30.5 Å². The first kappa shape index (κ1) is 12.6. The normalized spacial score (nSPS) is 12.3. The molecule has 0 amide bonds. The standard InChI is InChI=1S/C9H16N2O2S2/c1-4-5-15(12,13)11(3)7-9-6-10-8(2)14-9/h6H,4-5,7H2,1-3H3. The minimum Gasteiger partial charge on any atom is -0.250 e. The Kier molecular flexibility index (Phi) is 4.24. The van der Waals surface area contributed by atoms with Gasteiger partial charge < -0.3 is 0 Å². The summed E-state index contributed by atoms with van der Waals surface area (Å²) in [6.45, 7) is 4.20. The second-order valence-electron chi connectivity index (χ2n) is 3.42. The molecule has 1 aromatic rings. The van der Waals surface area contributed by atoms with Gasteiger partial charge in [0, 0.05) is 24.7 Å². The number of nitrogens with zero attached hydrogens (tertiary/aromatic N) is 2. The third kappa shape index (κ3) is 3.55. The molecule has 0 fully saturated rings. The molecule has 0 atom stereocenters. The summed E-state index contributed by atoms with van der Waals surface area (Å²) in [5, 5.41) is 0.964. The minimum absolute atomic E-state index is 0.210. The molecule has 0 aliphatic carbocycles. The average molecular weight is 248 g/mol. The molecule has 0 saturated carbocycles. The van der Waals surface area contributed by atoms with E-state index in [-0.39, 0.29) is 5.75 Å². The maximum absolute atomic E-state index is 11.7. The average Bonchev–Trinajstić information content (AvgIpc) is 2.51. The van der Waals surface area contributed by atoms with Crippen LogP contribution < -0.4 is 0 Å². The van der Waals surface area contributed by atoms with Gasteiger partial charge in [0.1, 0.15) is 0 Å². The molecule has 0 aliphatic rings. The highest BCUT2D eigenvalue weighted by molar-refractivity contribution is 7.89. The molecule has 0 bridgehead atoms. The Labute approximate surface area is 95.0 Å². The van der Waals surface area contributed by atoms with Crippen LogP contribution in [0.2, 0.25) is 0 Å². The van der Waals surface area contributed by atoms with Gasteiger partial charge in [-0.1, -0.05) is 6.92 Å². The summed E-state index contributed by atoms with van der Waals surface area (Å²) in [6, 6.07) is 0. The number of sulfonamides is 1. The van der Waals surface area contributed by atoms with E-state index in [9.17, 15) is 8.42 Å². The number of thiazole rings is 1. The summed E-state index contributed by atoms with van der Waals surface area (Å²) in [7, 11) is -1.48. The maximum atomic E-state index is 11.7. The van der Waals surface area contributed by atoms with Crippen LogP contribution >= 0.6 is 11.3 Å². The van der Waals surface area contributed by atoms with Crippen molar-refractivity contribution in [1.29, 1.82) is 0 Å². The van der Waals surface area contributed by atoms with Gasteiger partial charge in [-0.15, -0.1) is 11.3 Å². The summed E-state index contributed by atoms with van der Waals surface area (Å²) in [5.74, 6) is 0.210. The lowest BCUT2D eigenvalue weighted by molar-refractivity contribution is 0.468. The van der Waals surface area contributed by atoms with E-state index in [4.69, 9.17) is 0 Å². The van der Waals surface area contributed by atoms with Crippen molar-refractivity contribution in [2.45, 2.75) is 26.8 Å². The molecule has 86 valence electrons. The zero-order chi connectivity index (χ0) is 11.5. The van der Waals surface area contributed by atoms with E-state index in [1.54, 1.807) is 13.2 Å². The molecule has 1 aromatic heterocycles. The first-order valence-electron chi connectivity index (χ1n) is 4.81. The first-order valence-corrected chi connectivity index (χ1v) is 7.23. The molecule has 0 aromatic carbocycles. The molecule has 0 saturated heterocycles. The Balaban J connectivity index is 2.67. The lowest BCUT2D eigenvalue weighted by Gasteiger charge is -2.15. The summed E-state index contributed by atoms with van der Waals surface area (Å²) < 4.78 is 24.7. The highest BCUT2D eigenvalue weighted by Gasteiger charge is 2.17. The highest BCUT2D eigenvalue weighted by Crippen LogP contribution is 2.15. The molecule has 6 heteroatoms.